The van der Waals surface area contributed by atoms with E-state index in [4.69, 9.17) is 5.73 Å². The van der Waals surface area contributed by atoms with Crippen LogP contribution in [0.25, 0.3) is 11.1 Å². The summed E-state index contributed by atoms with van der Waals surface area (Å²) in [6.45, 7) is 0.728. The Hall–Kier alpha value is -2.28. The number of hydrogen-bond acceptors (Lipinski definition) is 6. The van der Waals surface area contributed by atoms with Crippen molar-refractivity contribution in [3.05, 3.63) is 30.5 Å². The standard InChI is InChI=1S/C17H21N5OS/c1-24-12-7-5-11(6-8-12)13-10-20-17(18)22-15(13)21-14-4-2-3-9-19-16(14)23/h5-8,10,14H,2-4,9H2,1H3,(H,19,23)(H3,18,20,21,22). The minimum atomic E-state index is -0.300. The third kappa shape index (κ3) is 3.79. The molecule has 1 aliphatic rings. The molecule has 4 N–H and O–H groups in total. The van der Waals surface area contributed by atoms with Crippen molar-refractivity contribution in [2.24, 2.45) is 0 Å². The predicted octanol–water partition coefficient (Wildman–Crippen LogP) is 2.53. The van der Waals surface area contributed by atoms with E-state index in [0.717, 1.165) is 36.9 Å². The van der Waals surface area contributed by atoms with Crippen LogP contribution in [-0.2, 0) is 4.79 Å². The lowest BCUT2D eigenvalue weighted by Crippen LogP contribution is -2.38. The molecule has 1 aliphatic heterocycles. The summed E-state index contributed by atoms with van der Waals surface area (Å²) in [5.74, 6) is 0.797. The Morgan fingerprint density at radius 3 is 2.83 bits per heavy atom. The van der Waals surface area contributed by atoms with E-state index in [2.05, 4.69) is 32.7 Å². The molecule has 1 saturated heterocycles. The van der Waals surface area contributed by atoms with Crippen molar-refractivity contribution >= 4 is 29.4 Å². The molecule has 126 valence electrons. The molecule has 3 rings (SSSR count). The maximum atomic E-state index is 12.2. The monoisotopic (exact) mass is 343 g/mol. The number of amides is 1. The smallest absolute Gasteiger partial charge is 0.242 e. The minimum Gasteiger partial charge on any atom is -0.368 e. The minimum absolute atomic E-state index is 0.00774. The summed E-state index contributed by atoms with van der Waals surface area (Å²) in [6, 6.07) is 7.86. The highest BCUT2D eigenvalue weighted by Crippen LogP contribution is 2.29. The quantitative estimate of drug-likeness (QED) is 0.739. The largest absolute Gasteiger partial charge is 0.368 e. The molecule has 1 amide bonds. The van der Waals surface area contributed by atoms with Crippen molar-refractivity contribution in [2.45, 2.75) is 30.2 Å². The number of thioether (sulfide) groups is 1. The molecule has 1 fully saturated rings. The number of hydrogen-bond donors (Lipinski definition) is 3. The number of rotatable bonds is 4. The number of aromatic nitrogens is 2. The van der Waals surface area contributed by atoms with E-state index in [9.17, 15) is 4.79 Å². The number of nitrogen functional groups attached to an aromatic ring is 1. The van der Waals surface area contributed by atoms with Crippen LogP contribution in [0, 0.1) is 0 Å². The Balaban J connectivity index is 1.91. The van der Waals surface area contributed by atoms with Crippen LogP contribution in [0.15, 0.2) is 35.4 Å². The van der Waals surface area contributed by atoms with Gasteiger partial charge in [-0.25, -0.2) is 4.98 Å². The highest BCUT2D eigenvalue weighted by molar-refractivity contribution is 7.98. The van der Waals surface area contributed by atoms with E-state index in [1.54, 1.807) is 18.0 Å². The Morgan fingerprint density at radius 2 is 2.08 bits per heavy atom. The van der Waals surface area contributed by atoms with Crippen molar-refractivity contribution < 1.29 is 4.79 Å². The lowest BCUT2D eigenvalue weighted by molar-refractivity contribution is -0.121. The van der Waals surface area contributed by atoms with Gasteiger partial charge in [-0.05, 0) is 43.2 Å². The van der Waals surface area contributed by atoms with Crippen molar-refractivity contribution in [3.63, 3.8) is 0 Å². The fourth-order valence-electron chi connectivity index (χ4n) is 2.73. The van der Waals surface area contributed by atoms with E-state index in [1.165, 1.54) is 4.90 Å². The zero-order valence-electron chi connectivity index (χ0n) is 13.6. The van der Waals surface area contributed by atoms with Crippen molar-refractivity contribution in [1.82, 2.24) is 15.3 Å². The first-order valence-corrected chi connectivity index (χ1v) is 9.21. The molecule has 1 atom stereocenters. The first-order chi connectivity index (χ1) is 11.7. The summed E-state index contributed by atoms with van der Waals surface area (Å²) in [4.78, 5) is 21.8. The van der Waals surface area contributed by atoms with Crippen molar-refractivity contribution in [1.29, 1.82) is 0 Å². The molecular formula is C17H21N5OS. The fourth-order valence-corrected chi connectivity index (χ4v) is 3.14. The fraction of sp³-hybridized carbons (Fsp3) is 0.353. The highest BCUT2D eigenvalue weighted by atomic mass is 32.2. The number of carbonyl (C=O) groups is 1. The number of nitrogens with two attached hydrogens (primary N) is 1. The molecule has 24 heavy (non-hydrogen) atoms. The van der Waals surface area contributed by atoms with E-state index >= 15 is 0 Å². The maximum Gasteiger partial charge on any atom is 0.242 e. The molecule has 7 heteroatoms. The molecule has 1 aromatic heterocycles. The van der Waals surface area contributed by atoms with Gasteiger partial charge in [0, 0.05) is 23.2 Å². The molecule has 6 nitrogen and oxygen atoms in total. The van der Waals surface area contributed by atoms with Crippen LogP contribution in [0.1, 0.15) is 19.3 Å². The number of benzene rings is 1. The summed E-state index contributed by atoms with van der Waals surface area (Å²) >= 11 is 1.69. The number of nitrogens with one attached hydrogen (secondary N) is 2. The molecule has 0 radical (unpaired) electrons. The van der Waals surface area contributed by atoms with E-state index in [1.807, 2.05) is 18.4 Å². The lowest BCUT2D eigenvalue weighted by atomic mass is 10.1. The van der Waals surface area contributed by atoms with Gasteiger partial charge in [0.2, 0.25) is 11.9 Å². The average Bonchev–Trinajstić information content (AvgIpc) is 2.80. The summed E-state index contributed by atoms with van der Waals surface area (Å²) in [5.41, 5.74) is 7.59. The lowest BCUT2D eigenvalue weighted by Gasteiger charge is -2.18. The van der Waals surface area contributed by atoms with Crippen molar-refractivity contribution in [2.75, 3.05) is 23.9 Å². The second-order valence-electron chi connectivity index (χ2n) is 5.70. The average molecular weight is 343 g/mol. The molecule has 0 bridgehead atoms. The molecule has 0 aliphatic carbocycles. The topological polar surface area (TPSA) is 92.9 Å². The van der Waals surface area contributed by atoms with Crippen LogP contribution in [0.2, 0.25) is 0 Å². The number of nitrogens with zero attached hydrogens (tertiary/aromatic N) is 2. The highest BCUT2D eigenvalue weighted by Gasteiger charge is 2.22. The molecule has 1 aromatic carbocycles. The third-order valence-electron chi connectivity index (χ3n) is 4.05. The normalized spacial score (nSPS) is 17.9. The van der Waals surface area contributed by atoms with Crippen LogP contribution >= 0.6 is 11.8 Å². The Bertz CT molecular complexity index is 719. The van der Waals surface area contributed by atoms with Gasteiger partial charge in [-0.15, -0.1) is 11.8 Å². The molecule has 1 unspecified atom stereocenters. The SMILES string of the molecule is CSc1ccc(-c2cnc(N)nc2NC2CCCCNC2=O)cc1. The zero-order valence-corrected chi connectivity index (χ0v) is 14.4. The van der Waals surface area contributed by atoms with Gasteiger partial charge in [-0.2, -0.15) is 4.98 Å². The second kappa shape index (κ2) is 7.53. The van der Waals surface area contributed by atoms with Gasteiger partial charge in [0.05, 0.1) is 0 Å². The van der Waals surface area contributed by atoms with Gasteiger partial charge in [0.25, 0.3) is 0 Å². The van der Waals surface area contributed by atoms with Gasteiger partial charge in [0.15, 0.2) is 0 Å². The van der Waals surface area contributed by atoms with E-state index in [-0.39, 0.29) is 17.9 Å². The Morgan fingerprint density at radius 1 is 1.29 bits per heavy atom. The zero-order chi connectivity index (χ0) is 16.9. The van der Waals surface area contributed by atoms with Gasteiger partial charge in [-0.3, -0.25) is 4.79 Å². The number of carbonyl (C=O) groups excluding carboxylic acids is 1. The van der Waals surface area contributed by atoms with Gasteiger partial charge in [0.1, 0.15) is 11.9 Å². The summed E-state index contributed by atoms with van der Waals surface area (Å²) in [5, 5.41) is 6.18. The summed E-state index contributed by atoms with van der Waals surface area (Å²) < 4.78 is 0. The van der Waals surface area contributed by atoms with Crippen LogP contribution < -0.4 is 16.4 Å². The van der Waals surface area contributed by atoms with Crippen LogP contribution in [0.4, 0.5) is 11.8 Å². The van der Waals surface area contributed by atoms with Crippen LogP contribution in [0.3, 0.4) is 0 Å². The van der Waals surface area contributed by atoms with Crippen LogP contribution in [-0.4, -0.2) is 34.7 Å². The van der Waals surface area contributed by atoms with E-state index < -0.39 is 0 Å². The van der Waals surface area contributed by atoms with Gasteiger partial charge >= 0.3 is 0 Å². The third-order valence-corrected chi connectivity index (χ3v) is 4.80. The van der Waals surface area contributed by atoms with Gasteiger partial charge < -0.3 is 16.4 Å². The molecule has 0 saturated carbocycles. The Labute approximate surface area is 145 Å². The maximum absolute atomic E-state index is 12.2. The molecule has 0 spiro atoms. The number of anilines is 2. The van der Waals surface area contributed by atoms with Crippen molar-refractivity contribution in [3.8, 4) is 11.1 Å². The first kappa shape index (κ1) is 16.6. The second-order valence-corrected chi connectivity index (χ2v) is 6.58. The van der Waals surface area contributed by atoms with Crippen LogP contribution in [0.5, 0.6) is 0 Å². The van der Waals surface area contributed by atoms with Gasteiger partial charge in [-0.1, -0.05) is 12.1 Å². The molecule has 2 aromatic rings. The van der Waals surface area contributed by atoms with E-state index in [0.29, 0.717) is 5.82 Å². The molecule has 2 heterocycles. The summed E-state index contributed by atoms with van der Waals surface area (Å²) in [6.07, 6.45) is 6.51. The molecular weight excluding hydrogens is 322 g/mol. The Kier molecular flexibility index (Phi) is 5.20. The predicted molar refractivity (Wildman–Crippen MR) is 97.9 cm³/mol. The summed E-state index contributed by atoms with van der Waals surface area (Å²) in [7, 11) is 0. The first-order valence-electron chi connectivity index (χ1n) is 7.98.